The molecule has 0 aromatic heterocycles. The van der Waals surface area contributed by atoms with E-state index in [2.05, 4.69) is 6.07 Å². The highest BCUT2D eigenvalue weighted by Gasteiger charge is 2.08. The number of hydrogen-bond donors (Lipinski definition) is 1. The molecule has 0 spiro atoms. The van der Waals surface area contributed by atoms with E-state index in [9.17, 15) is 5.11 Å². The van der Waals surface area contributed by atoms with Gasteiger partial charge < -0.3 is 9.84 Å². The second-order valence-electron chi connectivity index (χ2n) is 4.87. The number of nitriles is 1. The van der Waals surface area contributed by atoms with Crippen LogP contribution in [-0.2, 0) is 0 Å². The Morgan fingerprint density at radius 1 is 1.00 bits per heavy atom. The van der Waals surface area contributed by atoms with Crippen LogP contribution >= 0.6 is 0 Å². The van der Waals surface area contributed by atoms with Crippen LogP contribution in [0, 0.1) is 18.3 Å². The molecule has 3 aromatic rings. The molecule has 0 atom stereocenters. The first-order valence-electron chi connectivity index (χ1n) is 6.58. The van der Waals surface area contributed by atoms with Gasteiger partial charge in [-0.2, -0.15) is 5.26 Å². The maximum atomic E-state index is 9.64. The molecule has 1 N–H and O–H groups in total. The van der Waals surface area contributed by atoms with Crippen LogP contribution < -0.4 is 4.74 Å². The van der Waals surface area contributed by atoms with Crippen molar-refractivity contribution in [1.82, 2.24) is 0 Å². The summed E-state index contributed by atoms with van der Waals surface area (Å²) in [6, 6.07) is 18.4. The number of fused-ring (bicyclic) bond motifs is 1. The van der Waals surface area contributed by atoms with Gasteiger partial charge in [-0.1, -0.05) is 24.3 Å². The van der Waals surface area contributed by atoms with Gasteiger partial charge in [0.15, 0.2) is 0 Å². The summed E-state index contributed by atoms with van der Waals surface area (Å²) in [5.41, 5.74) is 1.54. The zero-order valence-corrected chi connectivity index (χ0v) is 11.5. The third-order valence-electron chi connectivity index (χ3n) is 3.27. The molecule has 0 fully saturated rings. The Hall–Kier alpha value is -2.99. The first-order valence-corrected chi connectivity index (χ1v) is 6.58. The zero-order valence-electron chi connectivity index (χ0n) is 11.5. The van der Waals surface area contributed by atoms with E-state index in [1.165, 1.54) is 0 Å². The Morgan fingerprint density at radius 2 is 1.76 bits per heavy atom. The summed E-state index contributed by atoms with van der Waals surface area (Å²) < 4.78 is 5.88. The normalized spacial score (nSPS) is 10.3. The molecule has 3 aromatic carbocycles. The molecule has 3 rings (SSSR count). The number of aryl methyl sites for hydroxylation is 1. The fourth-order valence-electron chi connectivity index (χ4n) is 2.37. The summed E-state index contributed by atoms with van der Waals surface area (Å²) in [5.74, 6) is 1.40. The van der Waals surface area contributed by atoms with E-state index in [4.69, 9.17) is 10.00 Å². The molecule has 0 bridgehead atoms. The van der Waals surface area contributed by atoms with E-state index < -0.39 is 0 Å². The van der Waals surface area contributed by atoms with Crippen LogP contribution in [-0.4, -0.2) is 5.11 Å². The third kappa shape index (κ3) is 2.52. The van der Waals surface area contributed by atoms with E-state index in [-0.39, 0.29) is 5.75 Å². The van der Waals surface area contributed by atoms with Crippen molar-refractivity contribution >= 4 is 10.8 Å². The second-order valence-corrected chi connectivity index (χ2v) is 4.87. The quantitative estimate of drug-likeness (QED) is 0.748. The summed E-state index contributed by atoms with van der Waals surface area (Å²) >= 11 is 0. The van der Waals surface area contributed by atoms with Gasteiger partial charge in [0.1, 0.15) is 17.2 Å². The first kappa shape index (κ1) is 13.0. The molecule has 21 heavy (non-hydrogen) atoms. The van der Waals surface area contributed by atoms with E-state index in [0.29, 0.717) is 17.1 Å². The van der Waals surface area contributed by atoms with E-state index >= 15 is 0 Å². The minimum absolute atomic E-state index is 0.169. The fraction of sp³-hybridized carbons (Fsp3) is 0.0556. The lowest BCUT2D eigenvalue weighted by molar-refractivity contribution is 0.456. The molecule has 0 saturated carbocycles. The number of rotatable bonds is 2. The van der Waals surface area contributed by atoms with E-state index in [1.807, 2.05) is 37.3 Å². The summed E-state index contributed by atoms with van der Waals surface area (Å²) in [5, 5.41) is 20.5. The van der Waals surface area contributed by atoms with Crippen molar-refractivity contribution < 1.29 is 9.84 Å². The number of nitrogens with zero attached hydrogens (tertiary/aromatic N) is 1. The summed E-state index contributed by atoms with van der Waals surface area (Å²) in [6.07, 6.45) is 0. The van der Waals surface area contributed by atoms with Crippen LogP contribution in [0.25, 0.3) is 10.8 Å². The van der Waals surface area contributed by atoms with Gasteiger partial charge in [-0.3, -0.25) is 0 Å². The smallest absolute Gasteiger partial charge is 0.135 e. The second kappa shape index (κ2) is 5.18. The SMILES string of the molecule is Cc1cc(O)cc(Oc2ccc(C#N)c3ccccc23)c1. The standard InChI is InChI=1S/C18H13NO2/c1-12-8-14(20)10-15(9-12)21-18-7-6-13(11-19)16-4-2-3-5-17(16)18/h2-10,20H,1H3. The predicted octanol–water partition coefficient (Wildman–Crippen LogP) is 4.52. The Kier molecular flexibility index (Phi) is 3.21. The predicted molar refractivity (Wildman–Crippen MR) is 81.6 cm³/mol. The molecule has 0 heterocycles. The molecule has 0 radical (unpaired) electrons. The average molecular weight is 275 g/mol. The zero-order chi connectivity index (χ0) is 14.8. The van der Waals surface area contributed by atoms with Gasteiger partial charge in [-0.15, -0.1) is 0 Å². The fourth-order valence-corrected chi connectivity index (χ4v) is 2.37. The number of hydrogen-bond acceptors (Lipinski definition) is 3. The average Bonchev–Trinajstić information content (AvgIpc) is 2.46. The largest absolute Gasteiger partial charge is 0.508 e. The van der Waals surface area contributed by atoms with Crippen molar-refractivity contribution in [1.29, 1.82) is 5.26 Å². The lowest BCUT2D eigenvalue weighted by Gasteiger charge is -2.11. The van der Waals surface area contributed by atoms with Gasteiger partial charge in [0.2, 0.25) is 0 Å². The molecular weight excluding hydrogens is 262 g/mol. The summed E-state index contributed by atoms with van der Waals surface area (Å²) in [4.78, 5) is 0. The Morgan fingerprint density at radius 3 is 2.48 bits per heavy atom. The monoisotopic (exact) mass is 275 g/mol. The molecule has 3 heteroatoms. The maximum Gasteiger partial charge on any atom is 0.135 e. The van der Waals surface area contributed by atoms with Crippen LogP contribution in [0.1, 0.15) is 11.1 Å². The molecule has 0 saturated heterocycles. The molecular formula is C18H13NO2. The molecule has 0 aliphatic heterocycles. The van der Waals surface area contributed by atoms with Crippen molar-refractivity contribution in [2.24, 2.45) is 0 Å². The van der Waals surface area contributed by atoms with Gasteiger partial charge in [-0.25, -0.2) is 0 Å². The third-order valence-corrected chi connectivity index (χ3v) is 3.27. The number of ether oxygens (including phenoxy) is 1. The van der Waals surface area contributed by atoms with Gasteiger partial charge in [-0.05, 0) is 36.8 Å². The summed E-state index contributed by atoms with van der Waals surface area (Å²) in [7, 11) is 0. The topological polar surface area (TPSA) is 53.2 Å². The van der Waals surface area contributed by atoms with Gasteiger partial charge in [0.25, 0.3) is 0 Å². The minimum atomic E-state index is 0.169. The maximum absolute atomic E-state index is 9.64. The van der Waals surface area contributed by atoms with Crippen molar-refractivity contribution in [3.63, 3.8) is 0 Å². The lowest BCUT2D eigenvalue weighted by Crippen LogP contribution is -1.88. The Balaban J connectivity index is 2.11. The molecule has 0 aliphatic rings. The van der Waals surface area contributed by atoms with Crippen molar-refractivity contribution in [2.75, 3.05) is 0 Å². The van der Waals surface area contributed by atoms with Crippen LogP contribution in [0.2, 0.25) is 0 Å². The molecule has 0 unspecified atom stereocenters. The Labute approximate surface area is 122 Å². The first-order chi connectivity index (χ1) is 10.2. The number of phenols is 1. The van der Waals surface area contributed by atoms with Crippen molar-refractivity contribution in [3.8, 4) is 23.3 Å². The highest BCUT2D eigenvalue weighted by Crippen LogP contribution is 2.33. The number of phenolic OH excluding ortho intramolecular Hbond substituents is 1. The molecule has 0 aliphatic carbocycles. The lowest BCUT2D eigenvalue weighted by atomic mass is 10.0. The Bertz CT molecular complexity index is 842. The molecule has 3 nitrogen and oxygen atoms in total. The minimum Gasteiger partial charge on any atom is -0.508 e. The highest BCUT2D eigenvalue weighted by molar-refractivity contribution is 5.92. The van der Waals surface area contributed by atoms with E-state index in [0.717, 1.165) is 16.3 Å². The summed E-state index contributed by atoms with van der Waals surface area (Å²) in [6.45, 7) is 1.89. The number of aromatic hydroxyl groups is 1. The van der Waals surface area contributed by atoms with Crippen LogP contribution in [0.5, 0.6) is 17.2 Å². The highest BCUT2D eigenvalue weighted by atomic mass is 16.5. The van der Waals surface area contributed by atoms with Crippen molar-refractivity contribution in [2.45, 2.75) is 6.92 Å². The van der Waals surface area contributed by atoms with Gasteiger partial charge in [0.05, 0.1) is 11.6 Å². The van der Waals surface area contributed by atoms with Crippen LogP contribution in [0.3, 0.4) is 0 Å². The van der Waals surface area contributed by atoms with Gasteiger partial charge in [0, 0.05) is 16.8 Å². The molecule has 0 amide bonds. The number of benzene rings is 3. The van der Waals surface area contributed by atoms with Crippen molar-refractivity contribution in [3.05, 3.63) is 65.7 Å². The molecule has 102 valence electrons. The van der Waals surface area contributed by atoms with Gasteiger partial charge >= 0.3 is 0 Å². The van der Waals surface area contributed by atoms with Crippen LogP contribution in [0.4, 0.5) is 0 Å². The van der Waals surface area contributed by atoms with Crippen LogP contribution in [0.15, 0.2) is 54.6 Å². The van der Waals surface area contributed by atoms with E-state index in [1.54, 1.807) is 24.3 Å².